The van der Waals surface area contributed by atoms with Gasteiger partial charge in [0.05, 0.1) is 0 Å². The number of amides is 3. The molecular weight excluding hydrogens is 418 g/mol. The number of hydrogen-bond donors (Lipinski definition) is 2. The van der Waals surface area contributed by atoms with E-state index in [1.54, 1.807) is 34.7 Å². The Morgan fingerprint density at radius 2 is 1.45 bits per heavy atom. The molecule has 7 heteroatoms. The predicted molar refractivity (Wildman–Crippen MR) is 130 cm³/mol. The highest BCUT2D eigenvalue weighted by molar-refractivity contribution is 5.99. The molecule has 2 rings (SSSR count). The summed E-state index contributed by atoms with van der Waals surface area (Å²) in [6.07, 6.45) is -0.690. The number of nitrogens with zero attached hydrogens (tertiary/aromatic N) is 1. The number of nitrogens with one attached hydrogen (secondary N) is 2. The smallest absolute Gasteiger partial charge is 0.408 e. The van der Waals surface area contributed by atoms with E-state index in [1.165, 1.54) is 4.90 Å². The van der Waals surface area contributed by atoms with Crippen LogP contribution in [0, 0.1) is 20.8 Å². The lowest BCUT2D eigenvalue weighted by Gasteiger charge is -2.32. The van der Waals surface area contributed by atoms with Crippen LogP contribution in [0.2, 0.25) is 0 Å². The third kappa shape index (κ3) is 6.81. The maximum atomic E-state index is 13.5. The van der Waals surface area contributed by atoms with E-state index in [2.05, 4.69) is 10.6 Å². The monoisotopic (exact) mass is 453 g/mol. The summed E-state index contributed by atoms with van der Waals surface area (Å²) in [7, 11) is 1.57. The van der Waals surface area contributed by atoms with Crippen LogP contribution < -0.4 is 10.6 Å². The van der Waals surface area contributed by atoms with Gasteiger partial charge in [-0.25, -0.2) is 4.79 Å². The lowest BCUT2D eigenvalue weighted by atomic mass is 9.94. The number of aryl methyl sites for hydroxylation is 3. The van der Waals surface area contributed by atoms with E-state index < -0.39 is 29.7 Å². The lowest BCUT2D eigenvalue weighted by molar-refractivity contribution is -0.138. The van der Waals surface area contributed by atoms with Gasteiger partial charge in [-0.15, -0.1) is 0 Å². The minimum Gasteiger partial charge on any atom is -0.444 e. The van der Waals surface area contributed by atoms with Crippen molar-refractivity contribution in [1.29, 1.82) is 0 Å². The van der Waals surface area contributed by atoms with Crippen LogP contribution >= 0.6 is 0 Å². The molecule has 7 nitrogen and oxygen atoms in total. The minimum absolute atomic E-state index is 0.331. The number of carbonyl (C=O) groups excluding carboxylic acids is 3. The molecule has 178 valence electrons. The molecule has 33 heavy (non-hydrogen) atoms. The van der Waals surface area contributed by atoms with Gasteiger partial charge in [-0.2, -0.15) is 0 Å². The van der Waals surface area contributed by atoms with E-state index in [9.17, 15) is 14.4 Å². The van der Waals surface area contributed by atoms with Crippen molar-refractivity contribution in [3.05, 3.63) is 64.7 Å². The topological polar surface area (TPSA) is 87.7 Å². The molecule has 3 amide bonds. The van der Waals surface area contributed by atoms with Gasteiger partial charge in [-0.05, 0) is 76.8 Å². The van der Waals surface area contributed by atoms with Crippen molar-refractivity contribution >= 4 is 23.6 Å². The molecule has 2 aromatic rings. The van der Waals surface area contributed by atoms with Gasteiger partial charge in [0.2, 0.25) is 5.91 Å². The highest BCUT2D eigenvalue weighted by Gasteiger charge is 2.34. The largest absolute Gasteiger partial charge is 0.444 e. The number of benzene rings is 2. The fraction of sp³-hybridized carbons (Fsp3) is 0.423. The number of rotatable bonds is 6. The average molecular weight is 454 g/mol. The Morgan fingerprint density at radius 3 is 2.00 bits per heavy atom. The highest BCUT2D eigenvalue weighted by atomic mass is 16.6. The molecule has 2 atom stereocenters. The Balaban J connectivity index is 2.36. The Morgan fingerprint density at radius 1 is 0.909 bits per heavy atom. The van der Waals surface area contributed by atoms with Crippen LogP contribution in [-0.4, -0.2) is 41.5 Å². The van der Waals surface area contributed by atoms with Crippen molar-refractivity contribution in [2.45, 2.75) is 66.2 Å². The first-order valence-electron chi connectivity index (χ1n) is 11.0. The molecule has 2 unspecified atom stereocenters. The first-order valence-corrected chi connectivity index (χ1v) is 11.0. The second-order valence-electron chi connectivity index (χ2n) is 9.33. The van der Waals surface area contributed by atoms with Gasteiger partial charge >= 0.3 is 6.09 Å². The minimum atomic E-state index is -0.888. The van der Waals surface area contributed by atoms with E-state index in [0.717, 1.165) is 22.3 Å². The molecule has 0 saturated heterocycles. The quantitative estimate of drug-likeness (QED) is 0.666. The molecule has 0 spiro atoms. The molecule has 0 fully saturated rings. The van der Waals surface area contributed by atoms with Crippen molar-refractivity contribution in [3.8, 4) is 0 Å². The maximum Gasteiger partial charge on any atom is 0.408 e. The SMILES string of the molecule is Cc1ccccc1NC(=O)C(c1c(C)cccc1C)N(C)C(=O)C(C)NC(=O)OC(C)(C)C. The first-order chi connectivity index (χ1) is 15.3. The molecule has 0 radical (unpaired) electrons. The van der Waals surface area contributed by atoms with Crippen LogP contribution in [0.5, 0.6) is 0 Å². The number of likely N-dealkylation sites (N-methyl/N-ethyl adjacent to an activating group) is 1. The number of para-hydroxylation sites is 1. The molecular formula is C26H35N3O4. The van der Waals surface area contributed by atoms with Crippen LogP contribution in [-0.2, 0) is 14.3 Å². The summed E-state index contributed by atoms with van der Waals surface area (Å²) >= 11 is 0. The number of carbonyl (C=O) groups is 3. The number of anilines is 1. The highest BCUT2D eigenvalue weighted by Crippen LogP contribution is 2.29. The number of ether oxygens (including phenoxy) is 1. The van der Waals surface area contributed by atoms with Crippen molar-refractivity contribution in [1.82, 2.24) is 10.2 Å². The van der Waals surface area contributed by atoms with E-state index in [1.807, 2.05) is 63.2 Å². The zero-order valence-corrected chi connectivity index (χ0v) is 20.8. The molecule has 2 aromatic carbocycles. The van der Waals surface area contributed by atoms with E-state index >= 15 is 0 Å². The normalized spacial score (nSPS) is 13.0. The van der Waals surface area contributed by atoms with Crippen molar-refractivity contribution in [2.75, 3.05) is 12.4 Å². The van der Waals surface area contributed by atoms with Gasteiger partial charge in [0.15, 0.2) is 0 Å². The van der Waals surface area contributed by atoms with Crippen LogP contribution in [0.4, 0.5) is 10.5 Å². The van der Waals surface area contributed by atoms with E-state index in [0.29, 0.717) is 5.69 Å². The average Bonchev–Trinajstić information content (AvgIpc) is 2.69. The summed E-state index contributed by atoms with van der Waals surface area (Å²) in [5, 5.41) is 5.53. The zero-order valence-electron chi connectivity index (χ0n) is 20.8. The van der Waals surface area contributed by atoms with Gasteiger partial charge in [0, 0.05) is 12.7 Å². The Bertz CT molecular complexity index is 1010. The Labute approximate surface area is 196 Å². The second-order valence-corrected chi connectivity index (χ2v) is 9.33. The third-order valence-electron chi connectivity index (χ3n) is 5.31. The van der Waals surface area contributed by atoms with Gasteiger partial charge in [0.25, 0.3) is 5.91 Å². The molecule has 2 N–H and O–H groups in total. The Hall–Kier alpha value is -3.35. The number of hydrogen-bond acceptors (Lipinski definition) is 4. The molecule has 0 bridgehead atoms. The van der Waals surface area contributed by atoms with Gasteiger partial charge in [-0.3, -0.25) is 9.59 Å². The second kappa shape index (κ2) is 10.5. The van der Waals surface area contributed by atoms with Gasteiger partial charge in [0.1, 0.15) is 17.7 Å². The molecule has 0 aliphatic rings. The summed E-state index contributed by atoms with van der Waals surface area (Å²) < 4.78 is 5.26. The third-order valence-corrected chi connectivity index (χ3v) is 5.31. The summed E-state index contributed by atoms with van der Waals surface area (Å²) in [4.78, 5) is 40.4. The summed E-state index contributed by atoms with van der Waals surface area (Å²) in [5.41, 5.74) is 3.45. The Kier molecular flexibility index (Phi) is 8.25. The molecule has 0 aromatic heterocycles. The van der Waals surface area contributed by atoms with Crippen LogP contribution in [0.1, 0.15) is 56.0 Å². The van der Waals surface area contributed by atoms with Crippen LogP contribution in [0.25, 0.3) is 0 Å². The maximum absolute atomic E-state index is 13.5. The predicted octanol–water partition coefficient (Wildman–Crippen LogP) is 4.66. The molecule has 0 aliphatic carbocycles. The molecule has 0 heterocycles. The van der Waals surface area contributed by atoms with E-state index in [4.69, 9.17) is 4.74 Å². The van der Waals surface area contributed by atoms with Gasteiger partial charge < -0.3 is 20.3 Å². The van der Waals surface area contributed by atoms with E-state index in [-0.39, 0.29) is 5.91 Å². The van der Waals surface area contributed by atoms with Crippen LogP contribution in [0.15, 0.2) is 42.5 Å². The molecule has 0 aliphatic heterocycles. The number of alkyl carbamates (subject to hydrolysis) is 1. The summed E-state index contributed by atoms with van der Waals surface area (Å²) in [6.45, 7) is 12.6. The standard InChI is InChI=1S/C26H35N3O4/c1-16-12-9-10-15-20(16)28-23(30)22(21-17(2)13-11-14-18(21)3)29(8)24(31)19(4)27-25(32)33-26(5,6)7/h9-15,19,22H,1-8H3,(H,27,32)(H,28,30). The zero-order chi connectivity index (χ0) is 24.9. The van der Waals surface area contributed by atoms with Crippen molar-refractivity contribution in [3.63, 3.8) is 0 Å². The summed E-state index contributed by atoms with van der Waals surface area (Å²) in [5.74, 6) is -0.740. The van der Waals surface area contributed by atoms with Crippen LogP contribution in [0.3, 0.4) is 0 Å². The van der Waals surface area contributed by atoms with Crippen molar-refractivity contribution < 1.29 is 19.1 Å². The van der Waals surface area contributed by atoms with Crippen molar-refractivity contribution in [2.24, 2.45) is 0 Å². The fourth-order valence-corrected chi connectivity index (χ4v) is 3.65. The molecule has 0 saturated carbocycles. The summed E-state index contributed by atoms with van der Waals surface area (Å²) in [6, 6.07) is 11.4. The van der Waals surface area contributed by atoms with Gasteiger partial charge in [-0.1, -0.05) is 36.4 Å². The first kappa shape index (κ1) is 25.9. The lowest BCUT2D eigenvalue weighted by Crippen LogP contribution is -2.50. The fourth-order valence-electron chi connectivity index (χ4n) is 3.65.